The predicted molar refractivity (Wildman–Crippen MR) is 96.7 cm³/mol. The second-order valence-electron chi connectivity index (χ2n) is 7.94. The molecule has 0 aromatic carbocycles. The summed E-state index contributed by atoms with van der Waals surface area (Å²) < 4.78 is 58.2. The Balaban J connectivity index is 5.07. The van der Waals surface area contributed by atoms with Crippen molar-refractivity contribution in [2.75, 3.05) is 11.5 Å². The van der Waals surface area contributed by atoms with Crippen molar-refractivity contribution in [2.45, 2.75) is 66.6 Å². The Hall–Kier alpha value is -0.440. The first-order chi connectivity index (χ1) is 10.5. The third kappa shape index (κ3) is 11.2. The fraction of sp³-hybridized carbons (Fsp3) is 0.875. The van der Waals surface area contributed by atoms with E-state index in [9.17, 15) is 16.8 Å². The molecular weight excluding hydrogens is 352 g/mol. The molecule has 0 saturated carbocycles. The molecule has 8 heteroatoms. The molecule has 0 spiro atoms. The summed E-state index contributed by atoms with van der Waals surface area (Å²) >= 11 is 0. The molecule has 0 bridgehead atoms. The molecule has 0 aromatic rings. The SMILES string of the molecule is CC(C)CS(=O)(=O)OC(C)(C)C=CC(C)(C)OS(=O)(=O)CC(C)C. The number of hydrogen-bond acceptors (Lipinski definition) is 6. The quantitative estimate of drug-likeness (QED) is 0.425. The minimum atomic E-state index is -3.67. The van der Waals surface area contributed by atoms with Crippen LogP contribution in [-0.4, -0.2) is 39.5 Å². The van der Waals surface area contributed by atoms with Gasteiger partial charge >= 0.3 is 0 Å². The lowest BCUT2D eigenvalue weighted by molar-refractivity contribution is 0.151. The molecular formula is C16H32O6S2. The molecule has 0 atom stereocenters. The van der Waals surface area contributed by atoms with E-state index in [1.165, 1.54) is 12.2 Å². The number of rotatable bonds is 10. The summed E-state index contributed by atoms with van der Waals surface area (Å²) in [6, 6.07) is 0. The van der Waals surface area contributed by atoms with Gasteiger partial charge in [-0.25, -0.2) is 0 Å². The third-order valence-corrected chi connectivity index (χ3v) is 6.16. The van der Waals surface area contributed by atoms with Gasteiger partial charge in [0.15, 0.2) is 0 Å². The van der Waals surface area contributed by atoms with Gasteiger partial charge in [-0.2, -0.15) is 16.8 Å². The summed E-state index contributed by atoms with van der Waals surface area (Å²) in [5.41, 5.74) is -2.20. The van der Waals surface area contributed by atoms with Gasteiger partial charge in [-0.05, 0) is 39.5 Å². The molecule has 144 valence electrons. The minimum absolute atomic E-state index is 0.0456. The van der Waals surface area contributed by atoms with Crippen molar-refractivity contribution < 1.29 is 25.2 Å². The topological polar surface area (TPSA) is 86.7 Å². The van der Waals surface area contributed by atoms with Crippen LogP contribution < -0.4 is 0 Å². The molecule has 0 heterocycles. The van der Waals surface area contributed by atoms with E-state index in [0.29, 0.717) is 0 Å². The van der Waals surface area contributed by atoms with Crippen LogP contribution in [0.25, 0.3) is 0 Å². The highest BCUT2D eigenvalue weighted by atomic mass is 32.2. The van der Waals surface area contributed by atoms with Crippen LogP contribution in [0.2, 0.25) is 0 Å². The van der Waals surface area contributed by atoms with Crippen LogP contribution >= 0.6 is 0 Å². The average Bonchev–Trinajstić information content (AvgIpc) is 2.19. The van der Waals surface area contributed by atoms with Gasteiger partial charge in [-0.15, -0.1) is 0 Å². The molecule has 0 saturated heterocycles. The van der Waals surface area contributed by atoms with Crippen molar-refractivity contribution in [2.24, 2.45) is 11.8 Å². The van der Waals surface area contributed by atoms with Crippen molar-refractivity contribution in [1.82, 2.24) is 0 Å². The zero-order valence-electron chi connectivity index (χ0n) is 16.0. The van der Waals surface area contributed by atoms with Crippen LogP contribution in [0.1, 0.15) is 55.4 Å². The van der Waals surface area contributed by atoms with Gasteiger partial charge < -0.3 is 0 Å². The summed E-state index contributed by atoms with van der Waals surface area (Å²) in [6.07, 6.45) is 3.02. The van der Waals surface area contributed by atoms with E-state index < -0.39 is 31.4 Å². The largest absolute Gasteiger partial charge is 0.268 e. The first-order valence-corrected chi connectivity index (χ1v) is 11.2. The van der Waals surface area contributed by atoms with Crippen molar-refractivity contribution in [3.63, 3.8) is 0 Å². The lowest BCUT2D eigenvalue weighted by atomic mass is 10.0. The highest BCUT2D eigenvalue weighted by Crippen LogP contribution is 2.22. The first kappa shape index (κ1) is 23.6. The lowest BCUT2D eigenvalue weighted by Crippen LogP contribution is -2.32. The maximum atomic E-state index is 11.9. The van der Waals surface area contributed by atoms with Crippen LogP contribution in [0, 0.1) is 11.8 Å². The van der Waals surface area contributed by atoms with Gasteiger partial charge in [0.25, 0.3) is 20.2 Å². The smallest absolute Gasteiger partial charge is 0.260 e. The van der Waals surface area contributed by atoms with E-state index in [-0.39, 0.29) is 23.3 Å². The van der Waals surface area contributed by atoms with Gasteiger partial charge in [-0.3, -0.25) is 8.37 Å². The van der Waals surface area contributed by atoms with E-state index in [1.54, 1.807) is 55.4 Å². The van der Waals surface area contributed by atoms with E-state index in [1.807, 2.05) is 0 Å². The second-order valence-corrected chi connectivity index (χ2v) is 11.2. The van der Waals surface area contributed by atoms with Gasteiger partial charge in [-0.1, -0.05) is 39.8 Å². The van der Waals surface area contributed by atoms with Gasteiger partial charge in [0.2, 0.25) is 0 Å². The number of hydrogen-bond donors (Lipinski definition) is 0. The Morgan fingerprint density at radius 3 is 1.17 bits per heavy atom. The van der Waals surface area contributed by atoms with Crippen LogP contribution in [0.3, 0.4) is 0 Å². The predicted octanol–water partition coefficient (Wildman–Crippen LogP) is 3.10. The Labute approximate surface area is 147 Å². The zero-order chi connectivity index (χ0) is 19.4. The molecule has 24 heavy (non-hydrogen) atoms. The molecule has 0 aliphatic carbocycles. The Kier molecular flexibility index (Phi) is 8.14. The average molecular weight is 385 g/mol. The summed E-state index contributed by atoms with van der Waals surface area (Å²) in [5, 5.41) is 0. The molecule has 0 aliphatic rings. The Morgan fingerprint density at radius 2 is 0.958 bits per heavy atom. The van der Waals surface area contributed by atoms with Gasteiger partial charge in [0.1, 0.15) is 11.2 Å². The fourth-order valence-electron chi connectivity index (χ4n) is 2.00. The summed E-state index contributed by atoms with van der Waals surface area (Å²) in [6.45, 7) is 13.6. The van der Waals surface area contributed by atoms with Crippen LogP contribution in [0.5, 0.6) is 0 Å². The molecule has 0 fully saturated rings. The van der Waals surface area contributed by atoms with Crippen molar-refractivity contribution in [1.29, 1.82) is 0 Å². The molecule has 0 aliphatic heterocycles. The molecule has 0 N–H and O–H groups in total. The lowest BCUT2D eigenvalue weighted by Gasteiger charge is -2.25. The van der Waals surface area contributed by atoms with Crippen LogP contribution in [0.4, 0.5) is 0 Å². The third-order valence-electron chi connectivity index (χ3n) is 2.64. The summed E-state index contributed by atoms with van der Waals surface area (Å²) in [7, 11) is -7.34. The standard InChI is InChI=1S/C16H32O6S2/c1-13(2)11-23(17,18)21-15(5,6)9-10-16(7,8)22-24(19,20)12-14(3)4/h9-10,13-14H,11-12H2,1-8H3. The van der Waals surface area contributed by atoms with E-state index in [4.69, 9.17) is 8.37 Å². The zero-order valence-corrected chi connectivity index (χ0v) is 17.6. The Morgan fingerprint density at radius 1 is 0.708 bits per heavy atom. The van der Waals surface area contributed by atoms with E-state index in [2.05, 4.69) is 0 Å². The molecule has 0 unspecified atom stereocenters. The monoisotopic (exact) mass is 384 g/mol. The normalized spacial score (nSPS) is 14.9. The van der Waals surface area contributed by atoms with Gasteiger partial charge in [0, 0.05) is 0 Å². The van der Waals surface area contributed by atoms with Crippen molar-refractivity contribution in [3.05, 3.63) is 12.2 Å². The highest BCUT2D eigenvalue weighted by Gasteiger charge is 2.29. The molecule has 6 nitrogen and oxygen atoms in total. The maximum Gasteiger partial charge on any atom is 0.268 e. The first-order valence-electron chi connectivity index (χ1n) is 8.02. The van der Waals surface area contributed by atoms with Crippen molar-refractivity contribution in [3.8, 4) is 0 Å². The molecule has 0 radical (unpaired) electrons. The Bertz CT molecular complexity index is 569. The highest BCUT2D eigenvalue weighted by molar-refractivity contribution is 7.87. The molecule has 0 aromatic heterocycles. The van der Waals surface area contributed by atoms with Gasteiger partial charge in [0.05, 0.1) is 11.5 Å². The van der Waals surface area contributed by atoms with Crippen LogP contribution in [-0.2, 0) is 28.6 Å². The summed E-state index contributed by atoms with van der Waals surface area (Å²) in [5.74, 6) is -0.244. The fourth-order valence-corrected chi connectivity index (χ4v) is 5.19. The maximum absolute atomic E-state index is 11.9. The second kappa shape index (κ2) is 8.29. The van der Waals surface area contributed by atoms with Crippen molar-refractivity contribution >= 4 is 20.2 Å². The molecule has 0 amide bonds. The van der Waals surface area contributed by atoms with Crippen LogP contribution in [0.15, 0.2) is 12.2 Å². The minimum Gasteiger partial charge on any atom is -0.260 e. The summed E-state index contributed by atoms with van der Waals surface area (Å²) in [4.78, 5) is 0. The van der Waals surface area contributed by atoms with E-state index >= 15 is 0 Å². The van der Waals surface area contributed by atoms with E-state index in [0.717, 1.165) is 0 Å². The molecule has 0 rings (SSSR count).